The van der Waals surface area contributed by atoms with Crippen molar-refractivity contribution in [1.82, 2.24) is 4.57 Å². The van der Waals surface area contributed by atoms with Crippen LogP contribution in [0.15, 0.2) is 71.7 Å². The van der Waals surface area contributed by atoms with E-state index >= 15 is 0 Å². The highest BCUT2D eigenvalue weighted by molar-refractivity contribution is 6.10. The van der Waals surface area contributed by atoms with Crippen molar-refractivity contribution in [1.29, 1.82) is 0 Å². The van der Waals surface area contributed by atoms with E-state index < -0.39 is 0 Å². The summed E-state index contributed by atoms with van der Waals surface area (Å²) in [4.78, 5) is 39.7. The maximum absolute atomic E-state index is 13.4. The van der Waals surface area contributed by atoms with Gasteiger partial charge in [0, 0.05) is 41.0 Å². The molecule has 0 bridgehead atoms. The number of aryl methyl sites for hydroxylation is 2. The summed E-state index contributed by atoms with van der Waals surface area (Å²) < 4.78 is 12.2. The number of nitrogens with zero attached hydrogens (tertiary/aromatic N) is 1. The van der Waals surface area contributed by atoms with Crippen LogP contribution in [0.4, 0.5) is 5.69 Å². The molecule has 4 aromatic rings. The average molecular weight is 485 g/mol. The SMILES string of the molecule is CCc1ccc2c(c1)c(=O)c(C(=O)c1ccc(C)cc1)cn2CC(=O)Nc1cc(OC)cc(OC)c1. The molecule has 0 fully saturated rings. The Morgan fingerprint density at radius 1 is 0.917 bits per heavy atom. The molecule has 1 amide bonds. The lowest BCUT2D eigenvalue weighted by Gasteiger charge is -2.15. The number of amides is 1. The molecular formula is C29H28N2O5. The Bertz CT molecular complexity index is 1480. The summed E-state index contributed by atoms with van der Waals surface area (Å²) in [5.74, 6) is 0.368. The molecule has 1 heterocycles. The van der Waals surface area contributed by atoms with Crippen LogP contribution in [0.1, 0.15) is 34.0 Å². The van der Waals surface area contributed by atoms with Crippen LogP contribution in [0.5, 0.6) is 11.5 Å². The van der Waals surface area contributed by atoms with Gasteiger partial charge < -0.3 is 19.4 Å². The number of carbonyl (C=O) groups is 2. The van der Waals surface area contributed by atoms with Gasteiger partial charge in [-0.15, -0.1) is 0 Å². The van der Waals surface area contributed by atoms with Crippen molar-refractivity contribution in [2.75, 3.05) is 19.5 Å². The minimum absolute atomic E-state index is 0.0236. The normalized spacial score (nSPS) is 10.8. The number of pyridine rings is 1. The molecule has 184 valence electrons. The van der Waals surface area contributed by atoms with Crippen LogP contribution < -0.4 is 20.2 Å². The molecule has 7 nitrogen and oxygen atoms in total. The zero-order valence-electron chi connectivity index (χ0n) is 20.8. The van der Waals surface area contributed by atoms with Gasteiger partial charge in [0.1, 0.15) is 18.0 Å². The number of anilines is 1. The number of hydrogen-bond donors (Lipinski definition) is 1. The molecule has 7 heteroatoms. The maximum Gasteiger partial charge on any atom is 0.244 e. The first-order valence-corrected chi connectivity index (χ1v) is 11.6. The quantitative estimate of drug-likeness (QED) is 0.365. The van der Waals surface area contributed by atoms with Crippen LogP contribution in [0.3, 0.4) is 0 Å². The van der Waals surface area contributed by atoms with Gasteiger partial charge in [-0.3, -0.25) is 14.4 Å². The van der Waals surface area contributed by atoms with E-state index in [9.17, 15) is 14.4 Å². The Kier molecular flexibility index (Phi) is 7.20. The van der Waals surface area contributed by atoms with Crippen LogP contribution in [0.2, 0.25) is 0 Å². The maximum atomic E-state index is 13.4. The molecule has 1 N–H and O–H groups in total. The lowest BCUT2D eigenvalue weighted by molar-refractivity contribution is -0.116. The van der Waals surface area contributed by atoms with Gasteiger partial charge in [-0.05, 0) is 31.0 Å². The molecule has 0 saturated carbocycles. The third-order valence-electron chi connectivity index (χ3n) is 6.06. The van der Waals surface area contributed by atoms with Gasteiger partial charge in [-0.25, -0.2) is 0 Å². The fourth-order valence-electron chi connectivity index (χ4n) is 4.05. The molecule has 0 atom stereocenters. The van der Waals surface area contributed by atoms with Gasteiger partial charge in [0.15, 0.2) is 5.78 Å². The van der Waals surface area contributed by atoms with Gasteiger partial charge in [-0.2, -0.15) is 0 Å². The molecule has 0 aliphatic carbocycles. The van der Waals surface area contributed by atoms with E-state index in [1.54, 1.807) is 41.0 Å². The number of methoxy groups -OCH3 is 2. The zero-order chi connectivity index (χ0) is 25.8. The predicted molar refractivity (Wildman–Crippen MR) is 140 cm³/mol. The molecular weight excluding hydrogens is 456 g/mol. The van der Waals surface area contributed by atoms with Crippen molar-refractivity contribution in [2.24, 2.45) is 0 Å². The standard InChI is InChI=1S/C29H28N2O5/c1-5-19-8-11-26-24(12-19)29(34)25(28(33)20-9-6-18(2)7-10-20)16-31(26)17-27(32)30-21-13-22(35-3)15-23(14-21)36-4/h6-16H,5,17H2,1-4H3,(H,30,32). The lowest BCUT2D eigenvalue weighted by Crippen LogP contribution is -2.24. The number of ether oxygens (including phenoxy) is 2. The molecule has 0 aliphatic heterocycles. The number of carbonyl (C=O) groups excluding carboxylic acids is 2. The van der Waals surface area contributed by atoms with Crippen molar-refractivity contribution in [3.63, 3.8) is 0 Å². The Balaban J connectivity index is 1.75. The zero-order valence-corrected chi connectivity index (χ0v) is 20.8. The number of rotatable bonds is 8. The largest absolute Gasteiger partial charge is 0.497 e. The summed E-state index contributed by atoms with van der Waals surface area (Å²) >= 11 is 0. The fourth-order valence-corrected chi connectivity index (χ4v) is 4.05. The Morgan fingerprint density at radius 3 is 2.19 bits per heavy atom. The van der Waals surface area contributed by atoms with Gasteiger partial charge >= 0.3 is 0 Å². The number of ketones is 1. The Labute approximate surface area is 209 Å². The van der Waals surface area contributed by atoms with E-state index in [1.807, 2.05) is 38.1 Å². The van der Waals surface area contributed by atoms with E-state index in [-0.39, 0.29) is 29.2 Å². The van der Waals surface area contributed by atoms with Crippen molar-refractivity contribution in [3.8, 4) is 11.5 Å². The molecule has 0 saturated heterocycles. The highest BCUT2D eigenvalue weighted by Crippen LogP contribution is 2.26. The second-order valence-corrected chi connectivity index (χ2v) is 8.55. The molecule has 36 heavy (non-hydrogen) atoms. The van der Waals surface area contributed by atoms with E-state index in [2.05, 4.69) is 5.32 Å². The first kappa shape index (κ1) is 24.7. The summed E-state index contributed by atoms with van der Waals surface area (Å²) in [7, 11) is 3.06. The molecule has 0 aliphatic rings. The molecule has 1 aromatic heterocycles. The summed E-state index contributed by atoms with van der Waals surface area (Å²) in [6, 6.07) is 17.7. The highest BCUT2D eigenvalue weighted by Gasteiger charge is 2.19. The van der Waals surface area contributed by atoms with Crippen molar-refractivity contribution in [3.05, 3.63) is 99.3 Å². The topological polar surface area (TPSA) is 86.6 Å². The molecule has 0 radical (unpaired) electrons. The minimum Gasteiger partial charge on any atom is -0.497 e. The second-order valence-electron chi connectivity index (χ2n) is 8.55. The smallest absolute Gasteiger partial charge is 0.244 e. The van der Waals surface area contributed by atoms with E-state index in [0.29, 0.717) is 33.7 Å². The predicted octanol–water partition coefficient (Wildman–Crippen LogP) is 4.76. The van der Waals surface area contributed by atoms with E-state index in [1.165, 1.54) is 20.4 Å². The number of nitrogens with one attached hydrogen (secondary N) is 1. The van der Waals surface area contributed by atoms with Gasteiger partial charge in [-0.1, -0.05) is 42.8 Å². The number of benzene rings is 3. The summed E-state index contributed by atoms with van der Waals surface area (Å²) in [6.07, 6.45) is 2.22. The summed E-state index contributed by atoms with van der Waals surface area (Å²) in [5, 5.41) is 3.25. The first-order chi connectivity index (χ1) is 17.3. The molecule has 3 aromatic carbocycles. The van der Waals surface area contributed by atoms with Gasteiger partial charge in [0.25, 0.3) is 0 Å². The van der Waals surface area contributed by atoms with Gasteiger partial charge in [0.05, 0.1) is 25.3 Å². The first-order valence-electron chi connectivity index (χ1n) is 11.6. The van der Waals surface area contributed by atoms with Crippen LogP contribution in [-0.4, -0.2) is 30.5 Å². The highest BCUT2D eigenvalue weighted by atomic mass is 16.5. The van der Waals surface area contributed by atoms with Crippen LogP contribution >= 0.6 is 0 Å². The van der Waals surface area contributed by atoms with E-state index in [4.69, 9.17) is 9.47 Å². The molecule has 0 unspecified atom stereocenters. The monoisotopic (exact) mass is 484 g/mol. The second kappa shape index (κ2) is 10.5. The number of hydrogen-bond acceptors (Lipinski definition) is 5. The third-order valence-corrected chi connectivity index (χ3v) is 6.06. The fraction of sp³-hybridized carbons (Fsp3) is 0.207. The van der Waals surface area contributed by atoms with Crippen molar-refractivity contribution < 1.29 is 19.1 Å². The lowest BCUT2D eigenvalue weighted by atomic mass is 10.00. The van der Waals surface area contributed by atoms with E-state index in [0.717, 1.165) is 17.5 Å². The van der Waals surface area contributed by atoms with Gasteiger partial charge in [0.2, 0.25) is 11.3 Å². The Morgan fingerprint density at radius 2 is 1.58 bits per heavy atom. The van der Waals surface area contributed by atoms with Crippen LogP contribution in [0.25, 0.3) is 10.9 Å². The molecule has 0 spiro atoms. The van der Waals surface area contributed by atoms with Crippen molar-refractivity contribution >= 4 is 28.3 Å². The number of aromatic nitrogens is 1. The third kappa shape index (κ3) is 5.15. The summed E-state index contributed by atoms with van der Waals surface area (Å²) in [5.41, 5.74) is 3.17. The minimum atomic E-state index is -0.379. The average Bonchev–Trinajstić information content (AvgIpc) is 2.89. The van der Waals surface area contributed by atoms with Crippen LogP contribution in [-0.2, 0) is 17.8 Å². The van der Waals surface area contributed by atoms with Crippen LogP contribution in [0, 0.1) is 6.92 Å². The summed E-state index contributed by atoms with van der Waals surface area (Å²) in [6.45, 7) is 3.83. The number of fused-ring (bicyclic) bond motifs is 1. The molecule has 4 rings (SSSR count). The Hall–Kier alpha value is -4.39. The van der Waals surface area contributed by atoms with Crippen molar-refractivity contribution in [2.45, 2.75) is 26.8 Å².